The van der Waals surface area contributed by atoms with Gasteiger partial charge in [0.2, 0.25) is 0 Å². The van der Waals surface area contributed by atoms with Crippen LogP contribution in [0.5, 0.6) is 0 Å². The fourth-order valence-electron chi connectivity index (χ4n) is 3.75. The lowest BCUT2D eigenvalue weighted by atomic mass is 9.97. The van der Waals surface area contributed by atoms with Crippen LogP contribution in [0.2, 0.25) is 0 Å². The molecule has 1 unspecified atom stereocenters. The maximum atomic E-state index is 5.55. The molecule has 0 bridgehead atoms. The highest BCUT2D eigenvalue weighted by Gasteiger charge is 2.22. The Labute approximate surface area is 166 Å². The number of aromatic nitrogens is 4. The normalized spacial score (nSPS) is 16.4. The van der Waals surface area contributed by atoms with E-state index in [1.165, 1.54) is 11.1 Å². The van der Waals surface area contributed by atoms with Crippen molar-refractivity contribution in [1.82, 2.24) is 24.4 Å². The first kappa shape index (κ1) is 18.8. The molecule has 1 aliphatic heterocycles. The number of hydrogen-bond acceptors (Lipinski definition) is 5. The second-order valence-corrected chi connectivity index (χ2v) is 7.44. The largest absolute Gasteiger partial charge is 0.381 e. The van der Waals surface area contributed by atoms with E-state index in [-0.39, 0.29) is 0 Å². The standard InChI is InChI=1S/C22H27N5O/c1-18(21-3-2-8-23-14-21)27(15-19-6-11-28-12-7-19)16-20-4-5-22(25-13-20)26-10-9-24-17-26/h2-5,8-10,13-14,17-19H,6-7,11-12,15-16H2,1H3. The van der Waals surface area contributed by atoms with Gasteiger partial charge in [0, 0.05) is 63.3 Å². The van der Waals surface area contributed by atoms with Crippen LogP contribution in [-0.4, -0.2) is 44.2 Å². The molecule has 6 heteroatoms. The molecule has 0 radical (unpaired) electrons. The molecule has 4 heterocycles. The third-order valence-electron chi connectivity index (χ3n) is 5.51. The zero-order valence-electron chi connectivity index (χ0n) is 16.3. The van der Waals surface area contributed by atoms with Crippen molar-refractivity contribution in [3.8, 4) is 5.82 Å². The van der Waals surface area contributed by atoms with E-state index in [1.807, 2.05) is 35.4 Å². The summed E-state index contributed by atoms with van der Waals surface area (Å²) in [6.07, 6.45) is 13.5. The minimum Gasteiger partial charge on any atom is -0.381 e. The zero-order chi connectivity index (χ0) is 19.2. The van der Waals surface area contributed by atoms with Gasteiger partial charge in [-0.2, -0.15) is 0 Å². The summed E-state index contributed by atoms with van der Waals surface area (Å²) >= 11 is 0. The SMILES string of the molecule is CC(c1cccnc1)N(Cc1ccc(-n2ccnc2)nc1)CC1CCOCC1. The molecule has 28 heavy (non-hydrogen) atoms. The number of ether oxygens (including phenoxy) is 1. The molecule has 0 saturated carbocycles. The van der Waals surface area contributed by atoms with Crippen LogP contribution in [0.15, 0.2) is 61.6 Å². The third-order valence-corrected chi connectivity index (χ3v) is 5.51. The molecule has 3 aromatic heterocycles. The molecule has 1 saturated heterocycles. The quantitative estimate of drug-likeness (QED) is 0.629. The van der Waals surface area contributed by atoms with Gasteiger partial charge in [0.25, 0.3) is 0 Å². The predicted octanol–water partition coefficient (Wildman–Crippen LogP) is 3.65. The van der Waals surface area contributed by atoms with Crippen molar-refractivity contribution < 1.29 is 4.74 Å². The molecule has 3 aromatic rings. The zero-order valence-corrected chi connectivity index (χ0v) is 16.3. The minimum absolute atomic E-state index is 0.296. The summed E-state index contributed by atoms with van der Waals surface area (Å²) in [5.74, 6) is 1.56. The number of nitrogens with zero attached hydrogens (tertiary/aromatic N) is 5. The Hall–Kier alpha value is -2.57. The molecule has 4 rings (SSSR count). The average Bonchev–Trinajstić information content (AvgIpc) is 3.30. The topological polar surface area (TPSA) is 56.1 Å². The lowest BCUT2D eigenvalue weighted by molar-refractivity contribution is 0.0446. The van der Waals surface area contributed by atoms with Gasteiger partial charge in [-0.05, 0) is 48.9 Å². The first-order valence-corrected chi connectivity index (χ1v) is 9.94. The smallest absolute Gasteiger partial charge is 0.137 e. The molecule has 0 spiro atoms. The van der Waals surface area contributed by atoms with E-state index >= 15 is 0 Å². The van der Waals surface area contributed by atoms with Crippen molar-refractivity contribution >= 4 is 0 Å². The average molecular weight is 377 g/mol. The van der Waals surface area contributed by atoms with E-state index in [2.05, 4.69) is 45.0 Å². The number of rotatable bonds is 7. The molecule has 0 aliphatic carbocycles. The fourth-order valence-corrected chi connectivity index (χ4v) is 3.75. The number of hydrogen-bond donors (Lipinski definition) is 0. The van der Waals surface area contributed by atoms with Gasteiger partial charge in [0.15, 0.2) is 0 Å². The molecule has 0 amide bonds. The fraction of sp³-hybridized carbons (Fsp3) is 0.409. The summed E-state index contributed by atoms with van der Waals surface area (Å²) in [4.78, 5) is 15.6. The number of imidazole rings is 1. The second kappa shape index (κ2) is 9.08. The van der Waals surface area contributed by atoms with Crippen LogP contribution in [0.1, 0.15) is 36.9 Å². The van der Waals surface area contributed by atoms with Crippen LogP contribution in [0.3, 0.4) is 0 Å². The molecular weight excluding hydrogens is 350 g/mol. The molecule has 0 aromatic carbocycles. The maximum absolute atomic E-state index is 5.55. The third kappa shape index (κ3) is 4.64. The minimum atomic E-state index is 0.296. The van der Waals surface area contributed by atoms with Gasteiger partial charge in [-0.1, -0.05) is 12.1 Å². The van der Waals surface area contributed by atoms with Crippen molar-refractivity contribution in [2.45, 2.75) is 32.4 Å². The Morgan fingerprint density at radius 3 is 2.71 bits per heavy atom. The summed E-state index contributed by atoms with van der Waals surface area (Å²) in [7, 11) is 0. The van der Waals surface area contributed by atoms with Crippen molar-refractivity contribution in [1.29, 1.82) is 0 Å². The van der Waals surface area contributed by atoms with Gasteiger partial charge in [0.05, 0.1) is 0 Å². The Morgan fingerprint density at radius 2 is 2.04 bits per heavy atom. The second-order valence-electron chi connectivity index (χ2n) is 7.44. The first-order chi connectivity index (χ1) is 13.8. The van der Waals surface area contributed by atoms with Crippen LogP contribution in [0.4, 0.5) is 0 Å². The van der Waals surface area contributed by atoms with Crippen LogP contribution >= 0.6 is 0 Å². The first-order valence-electron chi connectivity index (χ1n) is 9.94. The van der Waals surface area contributed by atoms with E-state index in [4.69, 9.17) is 4.74 Å². The van der Waals surface area contributed by atoms with E-state index in [0.29, 0.717) is 12.0 Å². The monoisotopic (exact) mass is 377 g/mol. The maximum Gasteiger partial charge on any atom is 0.137 e. The van der Waals surface area contributed by atoms with Gasteiger partial charge in [-0.3, -0.25) is 14.5 Å². The highest BCUT2D eigenvalue weighted by Crippen LogP contribution is 2.26. The van der Waals surface area contributed by atoms with Crippen molar-refractivity contribution in [2.24, 2.45) is 5.92 Å². The lowest BCUT2D eigenvalue weighted by Gasteiger charge is -2.34. The lowest BCUT2D eigenvalue weighted by Crippen LogP contribution is -2.34. The summed E-state index contributed by atoms with van der Waals surface area (Å²) in [6, 6.07) is 8.69. The van der Waals surface area contributed by atoms with Crippen LogP contribution in [0.25, 0.3) is 5.82 Å². The predicted molar refractivity (Wildman–Crippen MR) is 108 cm³/mol. The van der Waals surface area contributed by atoms with Gasteiger partial charge in [-0.25, -0.2) is 9.97 Å². The molecule has 1 fully saturated rings. The van der Waals surface area contributed by atoms with Gasteiger partial charge < -0.3 is 4.74 Å². The summed E-state index contributed by atoms with van der Waals surface area (Å²) in [6.45, 7) is 5.94. The van der Waals surface area contributed by atoms with Crippen LogP contribution in [0, 0.1) is 5.92 Å². The molecule has 146 valence electrons. The van der Waals surface area contributed by atoms with Crippen molar-refractivity contribution in [2.75, 3.05) is 19.8 Å². The van der Waals surface area contributed by atoms with Gasteiger partial charge >= 0.3 is 0 Å². The Bertz CT molecular complexity index is 829. The summed E-state index contributed by atoms with van der Waals surface area (Å²) in [5, 5.41) is 0. The Kier molecular flexibility index (Phi) is 6.09. The summed E-state index contributed by atoms with van der Waals surface area (Å²) < 4.78 is 7.47. The van der Waals surface area contributed by atoms with E-state index < -0.39 is 0 Å². The Morgan fingerprint density at radius 1 is 1.14 bits per heavy atom. The molecule has 0 N–H and O–H groups in total. The summed E-state index contributed by atoms with van der Waals surface area (Å²) in [5.41, 5.74) is 2.46. The van der Waals surface area contributed by atoms with Gasteiger partial charge in [-0.15, -0.1) is 0 Å². The molecular formula is C22H27N5O. The van der Waals surface area contributed by atoms with E-state index in [1.54, 1.807) is 12.5 Å². The van der Waals surface area contributed by atoms with Crippen LogP contribution < -0.4 is 0 Å². The highest BCUT2D eigenvalue weighted by molar-refractivity contribution is 5.25. The van der Waals surface area contributed by atoms with E-state index in [0.717, 1.165) is 45.0 Å². The molecule has 6 nitrogen and oxygen atoms in total. The van der Waals surface area contributed by atoms with Crippen LogP contribution in [-0.2, 0) is 11.3 Å². The van der Waals surface area contributed by atoms with Crippen molar-refractivity contribution in [3.05, 3.63) is 72.7 Å². The van der Waals surface area contributed by atoms with E-state index in [9.17, 15) is 0 Å². The molecule has 1 aliphatic rings. The van der Waals surface area contributed by atoms with Crippen molar-refractivity contribution in [3.63, 3.8) is 0 Å². The van der Waals surface area contributed by atoms with Gasteiger partial charge in [0.1, 0.15) is 12.1 Å². The molecule has 1 atom stereocenters. The Balaban J connectivity index is 1.50. The highest BCUT2D eigenvalue weighted by atomic mass is 16.5. The number of pyridine rings is 2.